The smallest absolute Gasteiger partial charge is 0.262 e. The highest BCUT2D eigenvalue weighted by atomic mass is 35.5. The molecule has 0 unspecified atom stereocenters. The molecule has 3 amide bonds. The van der Waals surface area contributed by atoms with Crippen LogP contribution in [0.15, 0.2) is 48.5 Å². The van der Waals surface area contributed by atoms with Crippen LogP contribution in [0.25, 0.3) is 0 Å². The first kappa shape index (κ1) is 20.7. The second kappa shape index (κ2) is 7.46. The SMILES string of the molecule is C[C@H](C(=O)N1[C@H](c2cccc(Cl)c2)CC[C@@H]1C1(C#N)CC1)N1C(=O)c2ccccc2C1=O. The number of carbonyl (C=O) groups excluding carboxylic acids is 3. The molecule has 7 heteroatoms. The van der Waals surface area contributed by atoms with Gasteiger partial charge in [-0.2, -0.15) is 5.26 Å². The molecule has 1 aliphatic carbocycles. The molecular weight excluding hydrogens is 426 g/mol. The predicted molar refractivity (Wildman–Crippen MR) is 118 cm³/mol. The summed E-state index contributed by atoms with van der Waals surface area (Å²) < 4.78 is 0. The molecule has 2 fully saturated rings. The Morgan fingerprint density at radius 2 is 1.75 bits per heavy atom. The molecule has 0 spiro atoms. The average Bonchev–Trinajstić information content (AvgIpc) is 3.40. The third kappa shape index (κ3) is 3.03. The predicted octanol–water partition coefficient (Wildman–Crippen LogP) is 4.36. The number of imide groups is 1. The maximum Gasteiger partial charge on any atom is 0.262 e. The quantitative estimate of drug-likeness (QED) is 0.652. The maximum absolute atomic E-state index is 13.9. The van der Waals surface area contributed by atoms with E-state index >= 15 is 0 Å². The fourth-order valence-electron chi connectivity index (χ4n) is 5.24. The fraction of sp³-hybridized carbons (Fsp3) is 0.360. The van der Waals surface area contributed by atoms with Crippen molar-refractivity contribution in [3.8, 4) is 6.07 Å². The highest BCUT2D eigenvalue weighted by Gasteiger charge is 2.58. The summed E-state index contributed by atoms with van der Waals surface area (Å²) in [4.78, 5) is 42.7. The van der Waals surface area contributed by atoms with Crippen LogP contribution >= 0.6 is 11.6 Å². The Balaban J connectivity index is 1.51. The maximum atomic E-state index is 13.9. The number of carbonyl (C=O) groups is 3. The molecule has 32 heavy (non-hydrogen) atoms. The first-order valence-electron chi connectivity index (χ1n) is 10.8. The number of amides is 3. The lowest BCUT2D eigenvalue weighted by Gasteiger charge is -2.36. The normalized spacial score (nSPS) is 24.3. The van der Waals surface area contributed by atoms with Crippen LogP contribution in [0.2, 0.25) is 5.02 Å². The Hall–Kier alpha value is -3.17. The van der Waals surface area contributed by atoms with E-state index in [-0.39, 0.29) is 18.0 Å². The third-order valence-electron chi connectivity index (χ3n) is 7.09. The Bertz CT molecular complexity index is 1150. The molecule has 2 aliphatic heterocycles. The number of halogens is 1. The monoisotopic (exact) mass is 447 g/mol. The molecule has 2 aromatic carbocycles. The molecule has 0 radical (unpaired) electrons. The van der Waals surface area contributed by atoms with E-state index in [9.17, 15) is 19.6 Å². The van der Waals surface area contributed by atoms with Crippen LogP contribution in [0.3, 0.4) is 0 Å². The molecular formula is C25H22ClN3O3. The summed E-state index contributed by atoms with van der Waals surface area (Å²) in [5.41, 5.74) is 0.982. The molecule has 0 aromatic heterocycles. The lowest BCUT2D eigenvalue weighted by Crippen LogP contribution is -2.52. The largest absolute Gasteiger partial charge is 0.329 e. The Kier molecular flexibility index (Phi) is 4.83. The summed E-state index contributed by atoms with van der Waals surface area (Å²) in [5.74, 6) is -1.22. The van der Waals surface area contributed by atoms with Gasteiger partial charge in [0.1, 0.15) is 6.04 Å². The molecule has 162 valence electrons. The molecule has 2 heterocycles. The van der Waals surface area contributed by atoms with Crippen LogP contribution in [0.4, 0.5) is 0 Å². The van der Waals surface area contributed by atoms with E-state index in [2.05, 4.69) is 6.07 Å². The second-order valence-corrected chi connectivity index (χ2v) is 9.32. The molecule has 3 aliphatic rings. The average molecular weight is 448 g/mol. The van der Waals surface area contributed by atoms with Crippen molar-refractivity contribution in [2.75, 3.05) is 0 Å². The molecule has 0 bridgehead atoms. The Labute approximate surface area is 191 Å². The summed E-state index contributed by atoms with van der Waals surface area (Å²) in [6.45, 7) is 1.60. The second-order valence-electron chi connectivity index (χ2n) is 8.88. The van der Waals surface area contributed by atoms with Crippen LogP contribution in [-0.4, -0.2) is 39.6 Å². The van der Waals surface area contributed by atoms with Gasteiger partial charge in [0.25, 0.3) is 11.8 Å². The van der Waals surface area contributed by atoms with Crippen molar-refractivity contribution in [2.45, 2.75) is 50.7 Å². The van der Waals surface area contributed by atoms with Crippen molar-refractivity contribution in [2.24, 2.45) is 5.41 Å². The van der Waals surface area contributed by atoms with Crippen molar-refractivity contribution in [1.29, 1.82) is 5.26 Å². The zero-order valence-electron chi connectivity index (χ0n) is 17.6. The fourth-order valence-corrected chi connectivity index (χ4v) is 5.44. The summed E-state index contributed by atoms with van der Waals surface area (Å²) in [6.07, 6.45) is 2.91. The van der Waals surface area contributed by atoms with Gasteiger partial charge in [-0.1, -0.05) is 35.9 Å². The van der Waals surface area contributed by atoms with Gasteiger partial charge in [0, 0.05) is 5.02 Å². The van der Waals surface area contributed by atoms with E-state index in [1.54, 1.807) is 42.2 Å². The molecule has 6 nitrogen and oxygen atoms in total. The molecule has 3 atom stereocenters. The van der Waals surface area contributed by atoms with E-state index < -0.39 is 23.3 Å². The van der Waals surface area contributed by atoms with Crippen molar-refractivity contribution in [3.05, 3.63) is 70.2 Å². The van der Waals surface area contributed by atoms with Crippen LogP contribution in [-0.2, 0) is 4.79 Å². The molecule has 1 saturated carbocycles. The van der Waals surface area contributed by atoms with Gasteiger partial charge in [-0.05, 0) is 62.4 Å². The first-order chi connectivity index (χ1) is 15.4. The van der Waals surface area contributed by atoms with Gasteiger partial charge in [0.15, 0.2) is 0 Å². The first-order valence-corrected chi connectivity index (χ1v) is 11.2. The van der Waals surface area contributed by atoms with Crippen LogP contribution < -0.4 is 0 Å². The number of benzene rings is 2. The van der Waals surface area contributed by atoms with E-state index in [1.807, 2.05) is 18.2 Å². The Morgan fingerprint density at radius 3 is 2.31 bits per heavy atom. The number of hydrogen-bond donors (Lipinski definition) is 0. The molecule has 5 rings (SSSR count). The van der Waals surface area contributed by atoms with Gasteiger partial charge < -0.3 is 4.90 Å². The van der Waals surface area contributed by atoms with Gasteiger partial charge in [0.2, 0.25) is 5.91 Å². The van der Waals surface area contributed by atoms with Gasteiger partial charge in [-0.3, -0.25) is 19.3 Å². The van der Waals surface area contributed by atoms with E-state index in [0.717, 1.165) is 23.3 Å². The number of rotatable bonds is 4. The van der Waals surface area contributed by atoms with Gasteiger partial charge in [-0.25, -0.2) is 0 Å². The number of nitrogens with zero attached hydrogens (tertiary/aromatic N) is 3. The van der Waals surface area contributed by atoms with E-state index in [1.165, 1.54) is 0 Å². The zero-order chi connectivity index (χ0) is 22.6. The van der Waals surface area contributed by atoms with Crippen molar-refractivity contribution >= 4 is 29.3 Å². The topological polar surface area (TPSA) is 81.5 Å². The third-order valence-corrected chi connectivity index (χ3v) is 7.33. The zero-order valence-corrected chi connectivity index (χ0v) is 18.4. The summed E-state index contributed by atoms with van der Waals surface area (Å²) >= 11 is 6.22. The minimum Gasteiger partial charge on any atom is -0.329 e. The Morgan fingerprint density at radius 1 is 1.09 bits per heavy atom. The van der Waals surface area contributed by atoms with Gasteiger partial charge in [-0.15, -0.1) is 0 Å². The summed E-state index contributed by atoms with van der Waals surface area (Å²) in [7, 11) is 0. The molecule has 2 aromatic rings. The molecule has 0 N–H and O–H groups in total. The van der Waals surface area contributed by atoms with Crippen LogP contribution in [0, 0.1) is 16.7 Å². The number of hydrogen-bond acceptors (Lipinski definition) is 4. The van der Waals surface area contributed by atoms with Crippen LogP contribution in [0.1, 0.15) is 64.9 Å². The van der Waals surface area contributed by atoms with Crippen molar-refractivity contribution in [3.63, 3.8) is 0 Å². The highest BCUT2D eigenvalue weighted by molar-refractivity contribution is 6.30. The number of fused-ring (bicyclic) bond motifs is 1. The highest BCUT2D eigenvalue weighted by Crippen LogP contribution is 2.56. The van der Waals surface area contributed by atoms with E-state index in [0.29, 0.717) is 29.0 Å². The number of nitriles is 1. The number of likely N-dealkylation sites (tertiary alicyclic amines) is 1. The lowest BCUT2D eigenvalue weighted by molar-refractivity contribution is -0.139. The van der Waals surface area contributed by atoms with Crippen molar-refractivity contribution in [1.82, 2.24) is 9.80 Å². The minimum absolute atomic E-state index is 0.249. The van der Waals surface area contributed by atoms with Crippen LogP contribution in [0.5, 0.6) is 0 Å². The van der Waals surface area contributed by atoms with E-state index in [4.69, 9.17) is 11.6 Å². The van der Waals surface area contributed by atoms with Gasteiger partial charge >= 0.3 is 0 Å². The van der Waals surface area contributed by atoms with Crippen molar-refractivity contribution < 1.29 is 14.4 Å². The minimum atomic E-state index is -0.973. The lowest BCUT2D eigenvalue weighted by atomic mass is 9.95. The van der Waals surface area contributed by atoms with Gasteiger partial charge in [0.05, 0.1) is 34.7 Å². The summed E-state index contributed by atoms with van der Waals surface area (Å²) in [6, 6.07) is 15.0. The standard InChI is InChI=1S/C25H22ClN3O3/c1-15(28-23(31)18-7-2-3-8-19(18)24(28)32)22(30)29-20(16-5-4-6-17(26)13-16)9-10-21(29)25(14-27)11-12-25/h2-8,13,15,20-21H,9-12H2,1H3/t15-,20+,21-/m1/s1. The molecule has 1 saturated heterocycles. The summed E-state index contributed by atoms with van der Waals surface area (Å²) in [5, 5.41) is 10.4.